The van der Waals surface area contributed by atoms with E-state index in [1.54, 1.807) is 0 Å². The van der Waals surface area contributed by atoms with Crippen molar-refractivity contribution < 1.29 is 18.7 Å². The average molecular weight is 279 g/mol. The zero-order valence-corrected chi connectivity index (χ0v) is 10.4. The van der Waals surface area contributed by atoms with E-state index in [9.17, 15) is 14.0 Å². The summed E-state index contributed by atoms with van der Waals surface area (Å²) in [6.07, 6.45) is -2.37. The number of esters is 1. The van der Waals surface area contributed by atoms with E-state index in [0.29, 0.717) is 5.02 Å². The first-order valence-corrected chi connectivity index (χ1v) is 5.53. The van der Waals surface area contributed by atoms with Crippen LogP contribution in [-0.4, -0.2) is 24.5 Å². The minimum Gasteiger partial charge on any atom is -0.463 e. The minimum absolute atomic E-state index is 0.000876. The molecular weight excluding hydrogens is 270 g/mol. The van der Waals surface area contributed by atoms with Crippen LogP contribution in [-0.2, 0) is 9.53 Å². The Morgan fingerprint density at radius 1 is 1.41 bits per heavy atom. The van der Waals surface area contributed by atoms with E-state index in [2.05, 4.69) is 4.74 Å². The van der Waals surface area contributed by atoms with Crippen LogP contribution in [0.1, 0.15) is 17.3 Å². The number of hydrogen-bond acceptors (Lipinski definition) is 3. The molecule has 1 atom stereocenters. The van der Waals surface area contributed by atoms with Crippen LogP contribution in [0.15, 0.2) is 18.2 Å². The standard InChI is InChI=1S/C11H9Cl2FO3/c1-2-17-11(16)9(14)10(15)7-4-3-6(12)5-8(7)13/h3-5,9H,2H2,1H3. The summed E-state index contributed by atoms with van der Waals surface area (Å²) in [5, 5.41) is 0.313. The van der Waals surface area contributed by atoms with Crippen LogP contribution >= 0.6 is 23.2 Å². The smallest absolute Gasteiger partial charge is 0.349 e. The lowest BCUT2D eigenvalue weighted by Gasteiger charge is -2.08. The van der Waals surface area contributed by atoms with Gasteiger partial charge in [0, 0.05) is 10.6 Å². The highest BCUT2D eigenvalue weighted by atomic mass is 35.5. The minimum atomic E-state index is -2.37. The van der Waals surface area contributed by atoms with Gasteiger partial charge in [-0.2, -0.15) is 0 Å². The molecule has 0 saturated carbocycles. The quantitative estimate of drug-likeness (QED) is 0.483. The summed E-state index contributed by atoms with van der Waals surface area (Å²) in [7, 11) is 0. The maximum Gasteiger partial charge on any atom is 0.349 e. The molecule has 0 bridgehead atoms. The summed E-state index contributed by atoms with van der Waals surface area (Å²) in [6, 6.07) is 3.95. The Balaban J connectivity index is 2.92. The highest BCUT2D eigenvalue weighted by molar-refractivity contribution is 6.37. The number of carbonyl (C=O) groups is 2. The fourth-order valence-electron chi connectivity index (χ4n) is 1.15. The molecule has 0 aromatic heterocycles. The first-order valence-electron chi connectivity index (χ1n) is 4.77. The number of rotatable bonds is 4. The Kier molecular flexibility index (Phi) is 4.90. The molecule has 0 aliphatic rings. The maximum absolute atomic E-state index is 13.4. The molecule has 0 amide bonds. The largest absolute Gasteiger partial charge is 0.463 e. The van der Waals surface area contributed by atoms with E-state index in [-0.39, 0.29) is 17.2 Å². The molecule has 1 rings (SSSR count). The van der Waals surface area contributed by atoms with Crippen LogP contribution in [0, 0.1) is 0 Å². The van der Waals surface area contributed by atoms with Crippen molar-refractivity contribution in [2.24, 2.45) is 0 Å². The van der Waals surface area contributed by atoms with Crippen molar-refractivity contribution in [1.29, 1.82) is 0 Å². The summed E-state index contributed by atoms with van der Waals surface area (Å²) in [4.78, 5) is 22.6. The zero-order valence-electron chi connectivity index (χ0n) is 8.88. The molecule has 17 heavy (non-hydrogen) atoms. The van der Waals surface area contributed by atoms with Gasteiger partial charge >= 0.3 is 5.97 Å². The first kappa shape index (κ1) is 13.9. The number of halogens is 3. The number of hydrogen-bond donors (Lipinski definition) is 0. The van der Waals surface area contributed by atoms with Crippen molar-refractivity contribution in [2.45, 2.75) is 13.1 Å². The Labute approximate surface area is 107 Å². The summed E-state index contributed by atoms with van der Waals surface area (Å²) < 4.78 is 17.8. The van der Waals surface area contributed by atoms with Gasteiger partial charge in [-0.3, -0.25) is 4.79 Å². The molecular formula is C11H9Cl2FO3. The Bertz CT molecular complexity index is 448. The van der Waals surface area contributed by atoms with Gasteiger partial charge in [0.25, 0.3) is 6.17 Å². The molecule has 0 aliphatic heterocycles. The van der Waals surface area contributed by atoms with E-state index < -0.39 is 17.9 Å². The van der Waals surface area contributed by atoms with E-state index in [1.165, 1.54) is 25.1 Å². The van der Waals surface area contributed by atoms with Crippen molar-refractivity contribution in [2.75, 3.05) is 6.61 Å². The average Bonchev–Trinajstić information content (AvgIpc) is 2.27. The van der Waals surface area contributed by atoms with Crippen LogP contribution in [0.4, 0.5) is 4.39 Å². The van der Waals surface area contributed by atoms with E-state index in [0.717, 1.165) is 0 Å². The maximum atomic E-state index is 13.4. The normalized spacial score (nSPS) is 12.0. The lowest BCUT2D eigenvalue weighted by molar-refractivity contribution is -0.147. The molecule has 0 radical (unpaired) electrons. The monoisotopic (exact) mass is 278 g/mol. The van der Waals surface area contributed by atoms with Gasteiger partial charge in [-0.25, -0.2) is 9.18 Å². The first-order chi connectivity index (χ1) is 7.97. The number of Topliss-reactive ketones (excluding diaryl/α,β-unsaturated/α-hetero) is 1. The number of ether oxygens (including phenoxy) is 1. The van der Waals surface area contributed by atoms with Crippen molar-refractivity contribution in [1.82, 2.24) is 0 Å². The second kappa shape index (κ2) is 5.98. The third kappa shape index (κ3) is 3.41. The van der Waals surface area contributed by atoms with E-state index >= 15 is 0 Å². The van der Waals surface area contributed by atoms with E-state index in [4.69, 9.17) is 23.2 Å². The highest BCUT2D eigenvalue weighted by Gasteiger charge is 2.29. The predicted molar refractivity (Wildman–Crippen MR) is 62.3 cm³/mol. The van der Waals surface area contributed by atoms with Gasteiger partial charge in [0.15, 0.2) is 0 Å². The number of benzene rings is 1. The van der Waals surface area contributed by atoms with Crippen LogP contribution in [0.3, 0.4) is 0 Å². The molecule has 0 spiro atoms. The van der Waals surface area contributed by atoms with Crippen molar-refractivity contribution in [3.63, 3.8) is 0 Å². The molecule has 1 aromatic rings. The lowest BCUT2D eigenvalue weighted by Crippen LogP contribution is -2.28. The van der Waals surface area contributed by atoms with Gasteiger partial charge in [-0.15, -0.1) is 0 Å². The zero-order chi connectivity index (χ0) is 13.0. The topological polar surface area (TPSA) is 43.4 Å². The number of alkyl halides is 1. The van der Waals surface area contributed by atoms with Crippen molar-refractivity contribution in [3.05, 3.63) is 33.8 Å². The van der Waals surface area contributed by atoms with Crippen molar-refractivity contribution in [3.8, 4) is 0 Å². The van der Waals surface area contributed by atoms with Gasteiger partial charge in [0.1, 0.15) is 0 Å². The molecule has 3 nitrogen and oxygen atoms in total. The molecule has 1 aromatic carbocycles. The molecule has 1 unspecified atom stereocenters. The molecule has 0 N–H and O–H groups in total. The molecule has 0 saturated heterocycles. The van der Waals surface area contributed by atoms with Crippen LogP contribution in [0.25, 0.3) is 0 Å². The summed E-state index contributed by atoms with van der Waals surface area (Å²) in [5.74, 6) is -2.26. The lowest BCUT2D eigenvalue weighted by atomic mass is 10.1. The van der Waals surface area contributed by atoms with Crippen molar-refractivity contribution >= 4 is 35.0 Å². The molecule has 0 fully saturated rings. The van der Waals surface area contributed by atoms with Crippen LogP contribution in [0.5, 0.6) is 0 Å². The third-order valence-electron chi connectivity index (χ3n) is 1.92. The summed E-state index contributed by atoms with van der Waals surface area (Å²) in [5.41, 5.74) is -0.100. The third-order valence-corrected chi connectivity index (χ3v) is 2.47. The Morgan fingerprint density at radius 2 is 2.06 bits per heavy atom. The highest BCUT2D eigenvalue weighted by Crippen LogP contribution is 2.23. The second-order valence-electron chi connectivity index (χ2n) is 3.10. The Morgan fingerprint density at radius 3 is 2.59 bits per heavy atom. The molecule has 0 heterocycles. The van der Waals surface area contributed by atoms with Gasteiger partial charge in [0.05, 0.1) is 11.6 Å². The number of carbonyl (C=O) groups excluding carboxylic acids is 2. The van der Waals surface area contributed by atoms with E-state index in [1.807, 2.05) is 0 Å². The van der Waals surface area contributed by atoms with Crippen LogP contribution < -0.4 is 0 Å². The fraction of sp³-hybridized carbons (Fsp3) is 0.273. The Hall–Kier alpha value is -1.13. The predicted octanol–water partition coefficient (Wildman–Crippen LogP) is 3.08. The summed E-state index contributed by atoms with van der Waals surface area (Å²) in [6.45, 7) is 1.52. The SMILES string of the molecule is CCOC(=O)C(F)C(=O)c1ccc(Cl)cc1Cl. The van der Waals surface area contributed by atoms with Gasteiger partial charge in [-0.05, 0) is 25.1 Å². The molecule has 6 heteroatoms. The van der Waals surface area contributed by atoms with Gasteiger partial charge in [0.2, 0.25) is 5.78 Å². The fourth-order valence-corrected chi connectivity index (χ4v) is 1.65. The van der Waals surface area contributed by atoms with Crippen LogP contribution in [0.2, 0.25) is 10.0 Å². The summed E-state index contributed by atoms with van der Waals surface area (Å²) >= 11 is 11.4. The van der Waals surface area contributed by atoms with Gasteiger partial charge in [-0.1, -0.05) is 23.2 Å². The molecule has 92 valence electrons. The van der Waals surface area contributed by atoms with Gasteiger partial charge < -0.3 is 4.74 Å². The molecule has 0 aliphatic carbocycles. The number of ketones is 1. The second-order valence-corrected chi connectivity index (χ2v) is 3.95.